The van der Waals surface area contributed by atoms with Crippen LogP contribution in [0.1, 0.15) is 12.2 Å². The van der Waals surface area contributed by atoms with E-state index in [4.69, 9.17) is 16.0 Å². The van der Waals surface area contributed by atoms with Crippen molar-refractivity contribution >= 4 is 36.4 Å². The molecule has 7 heteroatoms. The number of hydrogen-bond donors (Lipinski definition) is 2. The molecule has 1 aromatic heterocycles. The smallest absolute Gasteiger partial charge is 0.141 e. The maximum atomic E-state index is 13.1. The zero-order valence-corrected chi connectivity index (χ0v) is 14.6. The van der Waals surface area contributed by atoms with Gasteiger partial charge in [0.05, 0.1) is 11.6 Å². The molecule has 0 saturated heterocycles. The Balaban J connectivity index is 0.00000220. The van der Waals surface area contributed by atoms with Gasteiger partial charge in [0.15, 0.2) is 0 Å². The van der Waals surface area contributed by atoms with Crippen LogP contribution in [-0.4, -0.2) is 20.1 Å². The first-order valence-corrected chi connectivity index (χ1v) is 6.98. The molecule has 0 bridgehead atoms. The van der Waals surface area contributed by atoms with Gasteiger partial charge in [0.1, 0.15) is 17.3 Å². The molecule has 0 amide bonds. The minimum Gasteiger partial charge on any atom is -0.460 e. The number of halogens is 4. The lowest BCUT2D eigenvalue weighted by atomic mass is 10.2. The van der Waals surface area contributed by atoms with Crippen LogP contribution in [0.15, 0.2) is 34.7 Å². The van der Waals surface area contributed by atoms with Gasteiger partial charge in [0.2, 0.25) is 0 Å². The summed E-state index contributed by atoms with van der Waals surface area (Å²) < 4.78 is 18.8. The molecule has 2 N–H and O–H groups in total. The zero-order valence-electron chi connectivity index (χ0n) is 12.2. The van der Waals surface area contributed by atoms with Gasteiger partial charge >= 0.3 is 0 Å². The highest BCUT2D eigenvalue weighted by molar-refractivity contribution is 6.31. The van der Waals surface area contributed by atoms with Crippen molar-refractivity contribution in [1.29, 1.82) is 0 Å². The fourth-order valence-corrected chi connectivity index (χ4v) is 2.06. The summed E-state index contributed by atoms with van der Waals surface area (Å²) in [4.78, 5) is 0. The van der Waals surface area contributed by atoms with E-state index in [2.05, 4.69) is 10.6 Å². The highest BCUT2D eigenvalue weighted by atomic mass is 35.5. The first-order chi connectivity index (χ1) is 9.70. The molecule has 0 saturated carbocycles. The van der Waals surface area contributed by atoms with Crippen LogP contribution in [0.3, 0.4) is 0 Å². The second kappa shape index (κ2) is 10.9. The molecular formula is C15H20Cl3FN2O. The van der Waals surface area contributed by atoms with Crippen LogP contribution < -0.4 is 10.6 Å². The average Bonchev–Trinajstić information content (AvgIpc) is 2.90. The summed E-state index contributed by atoms with van der Waals surface area (Å²) in [6.07, 6.45) is 1.07. The Bertz CT molecular complexity index is 563. The number of hydrogen-bond acceptors (Lipinski definition) is 3. The van der Waals surface area contributed by atoms with Crippen LogP contribution in [0, 0.1) is 5.82 Å². The predicted molar refractivity (Wildman–Crippen MR) is 93.9 cm³/mol. The number of benzene rings is 1. The van der Waals surface area contributed by atoms with Gasteiger partial charge < -0.3 is 15.1 Å². The molecule has 0 aliphatic rings. The van der Waals surface area contributed by atoms with E-state index < -0.39 is 5.82 Å². The van der Waals surface area contributed by atoms with Crippen LogP contribution in [0.25, 0.3) is 11.3 Å². The van der Waals surface area contributed by atoms with E-state index in [-0.39, 0.29) is 29.8 Å². The summed E-state index contributed by atoms with van der Waals surface area (Å²) in [6.45, 7) is 2.60. The van der Waals surface area contributed by atoms with Crippen molar-refractivity contribution < 1.29 is 8.81 Å². The summed E-state index contributed by atoms with van der Waals surface area (Å²) in [5.41, 5.74) is 0.776. The summed E-state index contributed by atoms with van der Waals surface area (Å²) in [5.74, 6) is 1.12. The standard InChI is InChI=1S/C15H18ClFN2O.2ClH/c1-18-7-2-8-19-10-12-4-6-15(20-12)11-3-5-14(17)13(16)9-11;;/h3-6,9,18-19H,2,7-8,10H2,1H3;2*1H. The molecule has 3 nitrogen and oxygen atoms in total. The normalized spacial score (nSPS) is 9.95. The van der Waals surface area contributed by atoms with E-state index >= 15 is 0 Å². The minimum atomic E-state index is -0.423. The van der Waals surface area contributed by atoms with E-state index in [0.29, 0.717) is 12.3 Å². The average molecular weight is 370 g/mol. The molecule has 0 radical (unpaired) electrons. The fourth-order valence-electron chi connectivity index (χ4n) is 1.88. The van der Waals surface area contributed by atoms with Gasteiger partial charge in [-0.1, -0.05) is 11.6 Å². The van der Waals surface area contributed by atoms with E-state index in [1.54, 1.807) is 12.1 Å². The summed E-state index contributed by atoms with van der Waals surface area (Å²) in [5, 5.41) is 6.50. The van der Waals surface area contributed by atoms with Crippen LogP contribution in [0.4, 0.5) is 4.39 Å². The van der Waals surface area contributed by atoms with Crippen LogP contribution in [0.2, 0.25) is 5.02 Å². The van der Waals surface area contributed by atoms with E-state index in [1.165, 1.54) is 6.07 Å². The molecule has 0 atom stereocenters. The van der Waals surface area contributed by atoms with E-state index in [1.807, 2.05) is 19.2 Å². The third-order valence-corrected chi connectivity index (χ3v) is 3.23. The molecule has 2 aromatic rings. The maximum absolute atomic E-state index is 13.1. The van der Waals surface area contributed by atoms with Crippen molar-refractivity contribution in [3.63, 3.8) is 0 Å². The molecule has 124 valence electrons. The first kappa shape index (κ1) is 21.2. The second-order valence-corrected chi connectivity index (χ2v) is 4.94. The molecule has 0 unspecified atom stereocenters. The van der Waals surface area contributed by atoms with Crippen LogP contribution in [0.5, 0.6) is 0 Å². The molecule has 22 heavy (non-hydrogen) atoms. The fraction of sp³-hybridized carbons (Fsp3) is 0.333. The highest BCUT2D eigenvalue weighted by Gasteiger charge is 2.07. The Morgan fingerprint density at radius 2 is 1.91 bits per heavy atom. The molecule has 0 aliphatic carbocycles. The van der Waals surface area contributed by atoms with Crippen LogP contribution in [-0.2, 0) is 6.54 Å². The molecule has 2 rings (SSSR count). The maximum Gasteiger partial charge on any atom is 0.141 e. The van der Waals surface area contributed by atoms with Crippen molar-refractivity contribution in [2.24, 2.45) is 0 Å². The molecular weight excluding hydrogens is 350 g/mol. The first-order valence-electron chi connectivity index (χ1n) is 6.60. The Kier molecular flexibility index (Phi) is 10.5. The quantitative estimate of drug-likeness (QED) is 0.715. The number of nitrogens with one attached hydrogen (secondary N) is 2. The van der Waals surface area contributed by atoms with Crippen molar-refractivity contribution in [3.05, 3.63) is 46.9 Å². The Morgan fingerprint density at radius 1 is 1.14 bits per heavy atom. The van der Waals surface area contributed by atoms with E-state index in [0.717, 1.165) is 30.8 Å². The number of rotatable bonds is 7. The van der Waals surface area contributed by atoms with Gasteiger partial charge in [-0.05, 0) is 56.9 Å². The largest absolute Gasteiger partial charge is 0.460 e. The lowest BCUT2D eigenvalue weighted by Gasteiger charge is -2.02. The molecule has 0 fully saturated rings. The monoisotopic (exact) mass is 368 g/mol. The van der Waals surface area contributed by atoms with Gasteiger partial charge in [0.25, 0.3) is 0 Å². The Labute approximate surface area is 147 Å². The molecule has 1 heterocycles. The molecule has 0 aliphatic heterocycles. The Morgan fingerprint density at radius 3 is 2.59 bits per heavy atom. The number of furan rings is 1. The van der Waals surface area contributed by atoms with Gasteiger partial charge in [0, 0.05) is 5.56 Å². The van der Waals surface area contributed by atoms with Crippen molar-refractivity contribution in [2.45, 2.75) is 13.0 Å². The second-order valence-electron chi connectivity index (χ2n) is 4.53. The van der Waals surface area contributed by atoms with Gasteiger partial charge in [-0.25, -0.2) is 4.39 Å². The third-order valence-electron chi connectivity index (χ3n) is 2.95. The van der Waals surface area contributed by atoms with Crippen molar-refractivity contribution in [3.8, 4) is 11.3 Å². The highest BCUT2D eigenvalue weighted by Crippen LogP contribution is 2.26. The van der Waals surface area contributed by atoms with Gasteiger partial charge in [-0.2, -0.15) is 0 Å². The van der Waals surface area contributed by atoms with Crippen molar-refractivity contribution in [1.82, 2.24) is 10.6 Å². The topological polar surface area (TPSA) is 37.2 Å². The lowest BCUT2D eigenvalue weighted by molar-refractivity contribution is 0.490. The van der Waals surface area contributed by atoms with Gasteiger partial charge in [-0.15, -0.1) is 24.8 Å². The van der Waals surface area contributed by atoms with Crippen LogP contribution >= 0.6 is 36.4 Å². The summed E-state index contributed by atoms with van der Waals surface area (Å²) in [7, 11) is 1.94. The molecule has 0 spiro atoms. The summed E-state index contributed by atoms with van der Waals surface area (Å²) in [6, 6.07) is 8.35. The third kappa shape index (κ3) is 6.15. The summed E-state index contributed by atoms with van der Waals surface area (Å²) >= 11 is 5.77. The van der Waals surface area contributed by atoms with E-state index in [9.17, 15) is 4.39 Å². The lowest BCUT2D eigenvalue weighted by Crippen LogP contribution is -2.19. The zero-order chi connectivity index (χ0) is 14.4. The SMILES string of the molecule is CNCCCNCc1ccc(-c2ccc(F)c(Cl)c2)o1.Cl.Cl. The van der Waals surface area contributed by atoms with Gasteiger partial charge in [-0.3, -0.25) is 0 Å². The molecule has 1 aromatic carbocycles. The Hall–Kier alpha value is -0.780. The minimum absolute atomic E-state index is 0. The van der Waals surface area contributed by atoms with Crippen molar-refractivity contribution in [2.75, 3.05) is 20.1 Å². The predicted octanol–water partition coefficient (Wildman–Crippen LogP) is 4.28.